The van der Waals surface area contributed by atoms with Crippen molar-refractivity contribution in [1.82, 2.24) is 0 Å². The number of hydrogen-bond acceptors (Lipinski definition) is 2. The van der Waals surface area contributed by atoms with Crippen molar-refractivity contribution in [2.45, 2.75) is 132 Å². The zero-order valence-electron chi connectivity index (χ0n) is 39.6. The molecular formula is C58H78O2P2Pt+2. The Kier molecular flexibility index (Phi) is 39.1. The van der Waals surface area contributed by atoms with E-state index in [-0.39, 0.29) is 50.1 Å². The molecule has 0 aliphatic heterocycles. The molecule has 2 nitrogen and oxygen atoms in total. The van der Waals surface area contributed by atoms with Gasteiger partial charge in [0.05, 0.1) is 50.2 Å². The molecule has 63 heavy (non-hydrogen) atoms. The van der Waals surface area contributed by atoms with Crippen LogP contribution in [0.5, 0.6) is 0 Å². The standard InChI is InChI=1S/2C17H11O.2C12H27P.Pt/c2*1-2-14-3-5-15(6-4-14)7-8-16-9-11-17(13-18)12-10-16;2*1-4-7-10-13(11-8-5-2)12-9-6-3;/h2*3-6,9-12,18H,13H2;2*4-12H2,1-3H3;/q2*-1;;;+2/p+2. The van der Waals surface area contributed by atoms with Crippen LogP contribution in [-0.4, -0.2) is 47.2 Å². The van der Waals surface area contributed by atoms with E-state index in [9.17, 15) is 0 Å². The monoisotopic (exact) mass is 1060 g/mol. The van der Waals surface area contributed by atoms with Crippen molar-refractivity contribution in [2.75, 3.05) is 37.0 Å². The first kappa shape index (κ1) is 59.6. The van der Waals surface area contributed by atoms with E-state index < -0.39 is 0 Å². The Labute approximate surface area is 403 Å². The zero-order valence-corrected chi connectivity index (χ0v) is 43.9. The summed E-state index contributed by atoms with van der Waals surface area (Å²) in [7, 11) is 0.135. The van der Waals surface area contributed by atoms with E-state index in [0.29, 0.717) is 0 Å². The van der Waals surface area contributed by atoms with E-state index in [0.717, 1.165) is 44.5 Å². The van der Waals surface area contributed by atoms with Crippen LogP contribution in [0, 0.1) is 48.4 Å². The third-order valence-corrected chi connectivity index (χ3v) is 16.7. The zero-order chi connectivity index (χ0) is 45.5. The Morgan fingerprint density at radius 2 is 0.540 bits per heavy atom. The van der Waals surface area contributed by atoms with Crippen molar-refractivity contribution in [3.05, 3.63) is 154 Å². The van der Waals surface area contributed by atoms with Gasteiger partial charge in [-0.05, 0) is 73.9 Å². The maximum Gasteiger partial charge on any atom is 2.00 e. The van der Waals surface area contributed by atoms with Crippen LogP contribution in [-0.2, 0) is 34.3 Å². The summed E-state index contributed by atoms with van der Waals surface area (Å²) in [4.78, 5) is 0. The van der Waals surface area contributed by atoms with E-state index in [2.05, 4.69) is 77.1 Å². The van der Waals surface area contributed by atoms with E-state index in [1.807, 2.05) is 97.1 Å². The molecule has 2 N–H and O–H groups in total. The molecule has 0 unspecified atom stereocenters. The largest absolute Gasteiger partial charge is 2.00 e. The van der Waals surface area contributed by atoms with Gasteiger partial charge >= 0.3 is 21.1 Å². The van der Waals surface area contributed by atoms with Crippen LogP contribution in [0.2, 0.25) is 0 Å². The quantitative estimate of drug-likeness (QED) is 0.0526. The molecule has 5 heteroatoms. The maximum absolute atomic E-state index is 8.93. The molecule has 0 saturated heterocycles. The van der Waals surface area contributed by atoms with Crippen LogP contribution in [0.3, 0.4) is 0 Å². The normalized spacial score (nSPS) is 9.78. The fourth-order valence-corrected chi connectivity index (χ4v) is 12.9. The first-order valence-electron chi connectivity index (χ1n) is 23.5. The van der Waals surface area contributed by atoms with E-state index in [4.69, 9.17) is 23.1 Å². The first-order chi connectivity index (χ1) is 30.3. The van der Waals surface area contributed by atoms with Crippen LogP contribution in [0.4, 0.5) is 0 Å². The number of rotatable bonds is 20. The molecule has 0 aliphatic carbocycles. The van der Waals surface area contributed by atoms with Gasteiger partial charge in [0, 0.05) is 38.1 Å². The molecule has 0 fully saturated rings. The molecule has 0 radical (unpaired) electrons. The second kappa shape index (κ2) is 41.3. The van der Waals surface area contributed by atoms with Gasteiger partial charge in [0.1, 0.15) is 0 Å². The minimum absolute atomic E-state index is 0. The summed E-state index contributed by atoms with van der Waals surface area (Å²) in [5.41, 5.74) is 6.88. The van der Waals surface area contributed by atoms with Crippen LogP contribution >= 0.6 is 15.8 Å². The number of unbranched alkanes of at least 4 members (excludes halogenated alkanes) is 6. The predicted molar refractivity (Wildman–Crippen MR) is 277 cm³/mol. The molecule has 0 amide bonds. The fraction of sp³-hybridized carbons (Fsp3) is 0.448. The van der Waals surface area contributed by atoms with Gasteiger partial charge in [-0.1, -0.05) is 152 Å². The van der Waals surface area contributed by atoms with E-state index >= 15 is 0 Å². The Balaban J connectivity index is 0.000000821. The van der Waals surface area contributed by atoms with Gasteiger partial charge in [0.25, 0.3) is 0 Å². The van der Waals surface area contributed by atoms with Crippen LogP contribution in [0.15, 0.2) is 97.1 Å². The molecule has 0 heterocycles. The number of benzene rings is 4. The topological polar surface area (TPSA) is 40.5 Å². The van der Waals surface area contributed by atoms with Crippen molar-refractivity contribution < 1.29 is 31.3 Å². The van der Waals surface area contributed by atoms with E-state index in [1.165, 1.54) is 77.0 Å². The first-order valence-corrected chi connectivity index (χ1v) is 27.7. The minimum Gasteiger partial charge on any atom is -0.392 e. The molecule has 4 rings (SSSR count). The maximum atomic E-state index is 8.93. The van der Waals surface area contributed by atoms with Crippen molar-refractivity contribution in [1.29, 1.82) is 0 Å². The van der Waals surface area contributed by atoms with Gasteiger partial charge in [-0.15, -0.1) is 35.4 Å². The minimum atomic E-state index is 0. The SMILES string of the molecule is CCCC[PH+](CCCC)CCCC.CCCC[PH+](CCCC)CCCC.[C-]#Cc1ccc(C#Cc2ccc(CO)cc2)cc1.[C-]#Cc1ccc(C#Cc2ccc(CO)cc2)cc1.[Pt+2]. The van der Waals surface area contributed by atoms with Gasteiger partial charge in [0.2, 0.25) is 0 Å². The summed E-state index contributed by atoms with van der Waals surface area (Å²) in [5.74, 6) is 16.8. The van der Waals surface area contributed by atoms with Gasteiger partial charge in [0.15, 0.2) is 0 Å². The predicted octanol–water partition coefficient (Wildman–Crippen LogP) is 14.2. The smallest absolute Gasteiger partial charge is 0.392 e. The molecule has 4 aromatic carbocycles. The molecule has 0 atom stereocenters. The second-order valence-electron chi connectivity index (χ2n) is 15.7. The molecule has 0 aliphatic rings. The third kappa shape index (κ3) is 30.4. The van der Waals surface area contributed by atoms with Gasteiger partial charge in [-0.25, -0.2) is 0 Å². The van der Waals surface area contributed by atoms with Crippen molar-refractivity contribution in [3.8, 4) is 35.5 Å². The summed E-state index contributed by atoms with van der Waals surface area (Å²) in [5, 5.41) is 17.9. The average Bonchev–Trinajstić information content (AvgIpc) is 3.33. The van der Waals surface area contributed by atoms with Crippen LogP contribution in [0.1, 0.15) is 163 Å². The Morgan fingerprint density at radius 1 is 0.349 bits per heavy atom. The average molecular weight is 1060 g/mol. The van der Waals surface area contributed by atoms with Crippen LogP contribution in [0.25, 0.3) is 0 Å². The second-order valence-corrected chi connectivity index (χ2v) is 21.7. The van der Waals surface area contributed by atoms with Crippen molar-refractivity contribution >= 4 is 15.8 Å². The Morgan fingerprint density at radius 3 is 0.714 bits per heavy atom. The molecule has 340 valence electrons. The number of aliphatic hydroxyl groups is 2. The molecule has 0 aromatic heterocycles. The summed E-state index contributed by atoms with van der Waals surface area (Å²) >= 11 is 0. The molecule has 0 spiro atoms. The van der Waals surface area contributed by atoms with E-state index in [1.54, 1.807) is 37.0 Å². The number of aliphatic hydroxyl groups excluding tert-OH is 2. The van der Waals surface area contributed by atoms with Gasteiger partial charge in [-0.3, -0.25) is 11.8 Å². The Bertz CT molecular complexity index is 1720. The van der Waals surface area contributed by atoms with Crippen LogP contribution < -0.4 is 0 Å². The Hall–Kier alpha value is -3.41. The van der Waals surface area contributed by atoms with Gasteiger partial charge in [-0.2, -0.15) is 0 Å². The van der Waals surface area contributed by atoms with Gasteiger partial charge < -0.3 is 23.1 Å². The summed E-state index contributed by atoms with van der Waals surface area (Å²) < 4.78 is 0. The summed E-state index contributed by atoms with van der Waals surface area (Å²) in [6.07, 6.45) is 40.8. The fourth-order valence-electron chi connectivity index (χ4n) is 6.26. The molecule has 4 aromatic rings. The molecular weight excluding hydrogens is 986 g/mol. The van der Waals surface area contributed by atoms with Crippen molar-refractivity contribution in [3.63, 3.8) is 0 Å². The summed E-state index contributed by atoms with van der Waals surface area (Å²) in [6.45, 7) is 14.0. The molecule has 0 saturated carbocycles. The summed E-state index contributed by atoms with van der Waals surface area (Å²) in [6, 6.07) is 29.7. The number of hydrogen-bond donors (Lipinski definition) is 2. The molecule has 0 bridgehead atoms. The third-order valence-electron chi connectivity index (χ3n) is 10.3. The van der Waals surface area contributed by atoms with Crippen molar-refractivity contribution in [2.24, 2.45) is 0 Å².